The Morgan fingerprint density at radius 2 is 1.91 bits per heavy atom. The number of hydrogen-bond donors (Lipinski definition) is 2. The van der Waals surface area contributed by atoms with Crippen LogP contribution in [0.3, 0.4) is 0 Å². The number of nitrogens with two attached hydrogens (primary N) is 1. The summed E-state index contributed by atoms with van der Waals surface area (Å²) in [7, 11) is 0. The van der Waals surface area contributed by atoms with E-state index in [1.165, 1.54) is 12.1 Å². The van der Waals surface area contributed by atoms with Crippen LogP contribution in [0.2, 0.25) is 0 Å². The van der Waals surface area contributed by atoms with Gasteiger partial charge in [-0.3, -0.25) is 4.79 Å². The molecule has 0 bridgehead atoms. The molecule has 23 heavy (non-hydrogen) atoms. The molecule has 1 saturated carbocycles. The smallest absolute Gasteiger partial charge is 0.220 e. The fraction of sp³-hybridized carbons (Fsp3) is 0.611. The first kappa shape index (κ1) is 19.9. The molecular formula is C18H28ClFN2O. The van der Waals surface area contributed by atoms with E-state index < -0.39 is 0 Å². The highest BCUT2D eigenvalue weighted by Gasteiger charge is 2.30. The number of halogens is 2. The highest BCUT2D eigenvalue weighted by atomic mass is 35.5. The summed E-state index contributed by atoms with van der Waals surface area (Å²) in [5.74, 6) is 0.0556. The molecule has 1 aromatic carbocycles. The van der Waals surface area contributed by atoms with Gasteiger partial charge in [-0.25, -0.2) is 4.39 Å². The largest absolute Gasteiger partial charge is 0.349 e. The molecule has 1 aliphatic carbocycles. The van der Waals surface area contributed by atoms with Crippen LogP contribution in [0.5, 0.6) is 0 Å². The Morgan fingerprint density at radius 1 is 1.30 bits per heavy atom. The van der Waals surface area contributed by atoms with E-state index in [1.54, 1.807) is 12.1 Å². The van der Waals surface area contributed by atoms with Crippen LogP contribution in [0.1, 0.15) is 58.1 Å². The molecule has 3 N–H and O–H groups in total. The molecule has 130 valence electrons. The van der Waals surface area contributed by atoms with Gasteiger partial charge in [0.15, 0.2) is 0 Å². The first-order valence-corrected chi connectivity index (χ1v) is 8.08. The van der Waals surface area contributed by atoms with Crippen LogP contribution in [0.4, 0.5) is 4.39 Å². The molecule has 1 amide bonds. The van der Waals surface area contributed by atoms with E-state index in [9.17, 15) is 9.18 Å². The predicted octanol–water partition coefficient (Wildman–Crippen LogP) is 3.97. The highest BCUT2D eigenvalue weighted by Crippen LogP contribution is 2.33. The Hall–Kier alpha value is -1.13. The van der Waals surface area contributed by atoms with E-state index in [4.69, 9.17) is 5.73 Å². The van der Waals surface area contributed by atoms with E-state index in [0.717, 1.165) is 24.8 Å². The predicted molar refractivity (Wildman–Crippen MR) is 93.9 cm³/mol. The lowest BCUT2D eigenvalue weighted by atomic mass is 9.82. The van der Waals surface area contributed by atoms with Gasteiger partial charge in [-0.15, -0.1) is 12.4 Å². The molecule has 1 fully saturated rings. The van der Waals surface area contributed by atoms with Crippen molar-refractivity contribution in [2.24, 2.45) is 17.1 Å². The lowest BCUT2D eigenvalue weighted by Gasteiger charge is -2.32. The summed E-state index contributed by atoms with van der Waals surface area (Å²) in [5, 5.41) is 3.12. The van der Waals surface area contributed by atoms with Crippen LogP contribution < -0.4 is 11.1 Å². The van der Waals surface area contributed by atoms with E-state index in [0.29, 0.717) is 6.42 Å². The number of nitrogens with one attached hydrogen (secondary N) is 1. The maximum absolute atomic E-state index is 13.1. The summed E-state index contributed by atoms with van der Waals surface area (Å²) >= 11 is 0. The molecule has 1 unspecified atom stereocenters. The first-order chi connectivity index (χ1) is 10.3. The van der Waals surface area contributed by atoms with Gasteiger partial charge in [0, 0.05) is 12.5 Å². The minimum absolute atomic E-state index is 0. The van der Waals surface area contributed by atoms with Crippen LogP contribution in [-0.4, -0.2) is 11.9 Å². The van der Waals surface area contributed by atoms with Gasteiger partial charge in [0.2, 0.25) is 5.91 Å². The number of rotatable bonds is 4. The normalized spacial score (nSPS) is 22.3. The van der Waals surface area contributed by atoms with E-state index in [2.05, 4.69) is 26.1 Å². The minimum atomic E-state index is -0.264. The van der Waals surface area contributed by atoms with Crippen molar-refractivity contribution in [2.75, 3.05) is 0 Å². The maximum Gasteiger partial charge on any atom is 0.220 e. The Bertz CT molecular complexity index is 513. The zero-order valence-electron chi connectivity index (χ0n) is 14.1. The van der Waals surface area contributed by atoms with Crippen molar-refractivity contribution in [1.29, 1.82) is 0 Å². The van der Waals surface area contributed by atoms with Crippen molar-refractivity contribution in [1.82, 2.24) is 5.32 Å². The molecule has 0 aliphatic heterocycles. The molecule has 0 aromatic heterocycles. The molecule has 0 radical (unpaired) electrons. The molecule has 1 aliphatic rings. The second-order valence-corrected chi connectivity index (χ2v) is 7.48. The van der Waals surface area contributed by atoms with Crippen molar-refractivity contribution in [3.8, 4) is 0 Å². The average molecular weight is 343 g/mol. The molecule has 5 heteroatoms. The Kier molecular flexibility index (Phi) is 7.02. The van der Waals surface area contributed by atoms with Gasteiger partial charge in [-0.05, 0) is 41.9 Å². The summed E-state index contributed by atoms with van der Waals surface area (Å²) in [6.45, 7) is 6.22. The zero-order valence-corrected chi connectivity index (χ0v) is 15.0. The number of benzene rings is 1. The molecule has 3 nitrogen and oxygen atoms in total. The standard InChI is InChI=1S/C18H27FN2O.ClH/c1-18(2,3)17(12-7-9-14(19)10-8-12)21-16(22)11-13-5-4-6-15(13)20;/h7-10,13,15,17H,4-6,11,20H2,1-3H3,(H,21,22);1H/t13-,15+,17?;/m0./s1. The maximum atomic E-state index is 13.1. The lowest BCUT2D eigenvalue weighted by molar-refractivity contribution is -0.123. The van der Waals surface area contributed by atoms with Crippen molar-refractivity contribution in [2.45, 2.75) is 58.5 Å². The van der Waals surface area contributed by atoms with Gasteiger partial charge >= 0.3 is 0 Å². The third-order valence-corrected chi connectivity index (χ3v) is 4.54. The topological polar surface area (TPSA) is 55.1 Å². The van der Waals surface area contributed by atoms with Gasteiger partial charge in [-0.1, -0.05) is 39.3 Å². The van der Waals surface area contributed by atoms with E-state index >= 15 is 0 Å². The van der Waals surface area contributed by atoms with E-state index in [-0.39, 0.29) is 47.5 Å². The number of carbonyl (C=O) groups excluding carboxylic acids is 1. The fourth-order valence-corrected chi connectivity index (χ4v) is 3.23. The number of amides is 1. The summed E-state index contributed by atoms with van der Waals surface area (Å²) in [6.07, 6.45) is 3.64. The Labute approximate surface area is 144 Å². The summed E-state index contributed by atoms with van der Waals surface area (Å²) < 4.78 is 13.1. The second-order valence-electron chi connectivity index (χ2n) is 7.48. The quantitative estimate of drug-likeness (QED) is 0.869. The molecule has 2 rings (SSSR count). The highest BCUT2D eigenvalue weighted by molar-refractivity contribution is 5.85. The van der Waals surface area contributed by atoms with Gasteiger partial charge in [-0.2, -0.15) is 0 Å². The monoisotopic (exact) mass is 342 g/mol. The van der Waals surface area contributed by atoms with Crippen LogP contribution in [-0.2, 0) is 4.79 Å². The second kappa shape index (κ2) is 8.11. The molecular weight excluding hydrogens is 315 g/mol. The zero-order chi connectivity index (χ0) is 16.3. The summed E-state index contributed by atoms with van der Waals surface area (Å²) in [6, 6.07) is 6.36. The molecule has 0 saturated heterocycles. The first-order valence-electron chi connectivity index (χ1n) is 8.08. The Morgan fingerprint density at radius 3 is 2.39 bits per heavy atom. The van der Waals surface area contributed by atoms with Crippen molar-refractivity contribution in [3.63, 3.8) is 0 Å². The Balaban J connectivity index is 0.00000264. The van der Waals surface area contributed by atoms with Crippen LogP contribution >= 0.6 is 12.4 Å². The van der Waals surface area contributed by atoms with Gasteiger partial charge < -0.3 is 11.1 Å². The molecule has 0 heterocycles. The van der Waals surface area contributed by atoms with Crippen molar-refractivity contribution < 1.29 is 9.18 Å². The van der Waals surface area contributed by atoms with Crippen LogP contribution in [0.15, 0.2) is 24.3 Å². The number of carbonyl (C=O) groups is 1. The molecule has 1 aromatic rings. The van der Waals surface area contributed by atoms with Gasteiger partial charge in [0.25, 0.3) is 0 Å². The van der Waals surface area contributed by atoms with E-state index in [1.807, 2.05) is 0 Å². The summed E-state index contributed by atoms with van der Waals surface area (Å²) in [5.41, 5.74) is 6.83. The fourth-order valence-electron chi connectivity index (χ4n) is 3.23. The van der Waals surface area contributed by atoms with Gasteiger partial charge in [0.1, 0.15) is 5.82 Å². The average Bonchev–Trinajstić information content (AvgIpc) is 2.82. The SMILES string of the molecule is CC(C)(C)C(NC(=O)C[C@@H]1CCC[C@H]1N)c1ccc(F)cc1.Cl. The number of hydrogen-bond acceptors (Lipinski definition) is 2. The molecule has 0 spiro atoms. The summed E-state index contributed by atoms with van der Waals surface area (Å²) in [4.78, 5) is 12.4. The third-order valence-electron chi connectivity index (χ3n) is 4.54. The van der Waals surface area contributed by atoms with Crippen LogP contribution in [0.25, 0.3) is 0 Å². The molecule has 3 atom stereocenters. The van der Waals surface area contributed by atoms with Crippen LogP contribution in [0, 0.1) is 17.2 Å². The van der Waals surface area contributed by atoms with Crippen molar-refractivity contribution in [3.05, 3.63) is 35.6 Å². The minimum Gasteiger partial charge on any atom is -0.349 e. The van der Waals surface area contributed by atoms with Gasteiger partial charge in [0.05, 0.1) is 6.04 Å². The third kappa shape index (κ3) is 5.47. The van der Waals surface area contributed by atoms with Crippen molar-refractivity contribution >= 4 is 18.3 Å². The lowest BCUT2D eigenvalue weighted by Crippen LogP contribution is -2.38.